The number of rotatable bonds is 5. The second-order valence-corrected chi connectivity index (χ2v) is 8.31. The van der Waals surface area contributed by atoms with Crippen molar-refractivity contribution in [3.63, 3.8) is 0 Å². The van der Waals surface area contributed by atoms with Gasteiger partial charge in [-0.15, -0.1) is 0 Å². The summed E-state index contributed by atoms with van der Waals surface area (Å²) in [5, 5.41) is 3.18. The summed E-state index contributed by atoms with van der Waals surface area (Å²) < 4.78 is 18.3. The van der Waals surface area contributed by atoms with Crippen molar-refractivity contribution in [2.45, 2.75) is 51.5 Å². The molecule has 0 heterocycles. The number of hydrogen-bond acceptors (Lipinski definition) is 2. The third kappa shape index (κ3) is 3.03. The van der Waals surface area contributed by atoms with Gasteiger partial charge in [-0.3, -0.25) is 4.79 Å². The maximum absolute atomic E-state index is 12.9. The van der Waals surface area contributed by atoms with Crippen molar-refractivity contribution in [1.82, 2.24) is 5.32 Å². The van der Waals surface area contributed by atoms with Gasteiger partial charge in [-0.1, -0.05) is 0 Å². The van der Waals surface area contributed by atoms with E-state index in [2.05, 4.69) is 12.2 Å². The van der Waals surface area contributed by atoms with Crippen molar-refractivity contribution < 1.29 is 13.9 Å². The van der Waals surface area contributed by atoms with Crippen LogP contribution in [-0.4, -0.2) is 18.6 Å². The van der Waals surface area contributed by atoms with E-state index in [4.69, 9.17) is 4.74 Å². The zero-order valence-electron chi connectivity index (χ0n) is 14.3. The molecule has 0 aromatic heterocycles. The van der Waals surface area contributed by atoms with Crippen LogP contribution in [0, 0.1) is 29.0 Å². The Kier molecular flexibility index (Phi) is 4.01. The summed E-state index contributed by atoms with van der Waals surface area (Å²) in [4.78, 5) is 12.3. The van der Waals surface area contributed by atoms with E-state index in [1.54, 1.807) is 12.1 Å². The lowest BCUT2D eigenvalue weighted by atomic mass is 9.48. The van der Waals surface area contributed by atoms with Crippen LogP contribution in [0.1, 0.15) is 45.4 Å². The molecule has 1 atom stereocenters. The van der Waals surface area contributed by atoms with Crippen molar-refractivity contribution in [2.24, 2.45) is 23.2 Å². The van der Waals surface area contributed by atoms with E-state index in [1.165, 1.54) is 50.7 Å². The minimum absolute atomic E-state index is 0.0116. The summed E-state index contributed by atoms with van der Waals surface area (Å²) in [6.45, 7) is 2.16. The molecule has 24 heavy (non-hydrogen) atoms. The Morgan fingerprint density at radius 2 is 1.71 bits per heavy atom. The fourth-order valence-corrected chi connectivity index (χ4v) is 5.82. The quantitative estimate of drug-likeness (QED) is 0.888. The monoisotopic (exact) mass is 331 g/mol. The first-order valence-corrected chi connectivity index (χ1v) is 9.20. The number of amides is 1. The third-order valence-corrected chi connectivity index (χ3v) is 6.57. The maximum Gasteiger partial charge on any atom is 0.258 e. The number of benzene rings is 1. The van der Waals surface area contributed by atoms with E-state index in [0.29, 0.717) is 11.2 Å². The van der Waals surface area contributed by atoms with Gasteiger partial charge in [0.05, 0.1) is 0 Å². The summed E-state index contributed by atoms with van der Waals surface area (Å²) in [6, 6.07) is 5.97. The Balaban J connectivity index is 1.33. The van der Waals surface area contributed by atoms with E-state index in [0.717, 1.165) is 17.8 Å². The number of carbonyl (C=O) groups excluding carboxylic acids is 1. The van der Waals surface area contributed by atoms with Crippen LogP contribution in [0.3, 0.4) is 0 Å². The Morgan fingerprint density at radius 1 is 1.17 bits per heavy atom. The Bertz CT molecular complexity index is 577. The van der Waals surface area contributed by atoms with Gasteiger partial charge >= 0.3 is 0 Å². The average Bonchev–Trinajstić information content (AvgIpc) is 2.53. The lowest BCUT2D eigenvalue weighted by Gasteiger charge is -2.59. The van der Waals surface area contributed by atoms with Gasteiger partial charge in [0.25, 0.3) is 5.91 Å². The van der Waals surface area contributed by atoms with Crippen LogP contribution in [0.25, 0.3) is 0 Å². The molecule has 130 valence electrons. The standard InChI is InChI=1S/C20H26FNO2/c1-13(20-9-14-6-15(10-20)8-16(7-14)11-20)22-19(23)12-24-18-4-2-17(21)3-5-18/h2-5,13-16H,6-12H2,1H3,(H,22,23)/t13-,14?,15?,16?,20?/m0/s1. The number of hydrogen-bond donors (Lipinski definition) is 1. The topological polar surface area (TPSA) is 38.3 Å². The van der Waals surface area contributed by atoms with E-state index >= 15 is 0 Å². The highest BCUT2D eigenvalue weighted by molar-refractivity contribution is 5.77. The van der Waals surface area contributed by atoms with Crippen LogP contribution in [0.2, 0.25) is 0 Å². The Hall–Kier alpha value is -1.58. The molecule has 0 unspecified atom stereocenters. The predicted molar refractivity (Wildman–Crippen MR) is 90.1 cm³/mol. The molecular formula is C20H26FNO2. The first-order chi connectivity index (χ1) is 11.5. The third-order valence-electron chi connectivity index (χ3n) is 6.57. The molecule has 1 N–H and O–H groups in total. The highest BCUT2D eigenvalue weighted by Gasteiger charge is 2.53. The molecule has 0 saturated heterocycles. The van der Waals surface area contributed by atoms with Gasteiger partial charge in [-0.25, -0.2) is 4.39 Å². The fraction of sp³-hybridized carbons (Fsp3) is 0.650. The van der Waals surface area contributed by atoms with Gasteiger partial charge in [-0.2, -0.15) is 0 Å². The molecular weight excluding hydrogens is 305 g/mol. The predicted octanol–water partition coefficient (Wildman–Crippen LogP) is 3.93. The molecule has 4 bridgehead atoms. The first-order valence-electron chi connectivity index (χ1n) is 9.20. The van der Waals surface area contributed by atoms with Gasteiger partial charge < -0.3 is 10.1 Å². The summed E-state index contributed by atoms with van der Waals surface area (Å²) in [7, 11) is 0. The molecule has 1 aromatic carbocycles. The normalized spacial score (nSPS) is 34.8. The van der Waals surface area contributed by atoms with Crippen molar-refractivity contribution >= 4 is 5.91 Å². The SMILES string of the molecule is C[C@H](NC(=O)COc1ccc(F)cc1)C12CC3CC(CC(C3)C1)C2. The molecule has 1 aromatic rings. The van der Waals surface area contributed by atoms with Crippen molar-refractivity contribution in [3.05, 3.63) is 30.1 Å². The highest BCUT2D eigenvalue weighted by Crippen LogP contribution is 2.61. The first kappa shape index (κ1) is 15.9. The number of halogens is 1. The molecule has 4 fully saturated rings. The summed E-state index contributed by atoms with van der Waals surface area (Å²) in [5.74, 6) is 2.78. The van der Waals surface area contributed by atoms with Crippen LogP contribution < -0.4 is 10.1 Å². The second-order valence-electron chi connectivity index (χ2n) is 8.31. The van der Waals surface area contributed by atoms with Crippen LogP contribution in [0.4, 0.5) is 4.39 Å². The van der Waals surface area contributed by atoms with Gasteiger partial charge in [-0.05, 0) is 92.9 Å². The van der Waals surface area contributed by atoms with Gasteiger partial charge in [0.1, 0.15) is 11.6 Å². The minimum atomic E-state index is -0.303. The molecule has 4 aliphatic rings. The Labute approximate surface area is 143 Å². The van der Waals surface area contributed by atoms with E-state index in [-0.39, 0.29) is 24.4 Å². The molecule has 0 radical (unpaired) electrons. The molecule has 4 saturated carbocycles. The van der Waals surface area contributed by atoms with Crippen molar-refractivity contribution in [3.8, 4) is 5.75 Å². The lowest BCUT2D eigenvalue weighted by molar-refractivity contribution is -0.127. The van der Waals surface area contributed by atoms with Gasteiger partial charge in [0, 0.05) is 6.04 Å². The number of carbonyl (C=O) groups is 1. The highest BCUT2D eigenvalue weighted by atomic mass is 19.1. The maximum atomic E-state index is 12.9. The van der Waals surface area contributed by atoms with Crippen LogP contribution in [0.15, 0.2) is 24.3 Å². The number of nitrogens with one attached hydrogen (secondary N) is 1. The molecule has 4 aliphatic carbocycles. The van der Waals surface area contributed by atoms with Crippen LogP contribution in [-0.2, 0) is 4.79 Å². The Morgan fingerprint density at radius 3 is 2.25 bits per heavy atom. The summed E-state index contributed by atoms with van der Waals surface area (Å²) >= 11 is 0. The zero-order chi connectivity index (χ0) is 16.7. The molecule has 5 rings (SSSR count). The zero-order valence-corrected chi connectivity index (χ0v) is 14.3. The summed E-state index contributed by atoms with van der Waals surface area (Å²) in [6.07, 6.45) is 8.06. The van der Waals surface area contributed by atoms with E-state index in [9.17, 15) is 9.18 Å². The molecule has 4 heteroatoms. The van der Waals surface area contributed by atoms with E-state index in [1.807, 2.05) is 0 Å². The van der Waals surface area contributed by atoms with Crippen LogP contribution >= 0.6 is 0 Å². The average molecular weight is 331 g/mol. The largest absolute Gasteiger partial charge is 0.484 e. The fourth-order valence-electron chi connectivity index (χ4n) is 5.82. The molecule has 3 nitrogen and oxygen atoms in total. The number of ether oxygens (including phenoxy) is 1. The second kappa shape index (κ2) is 6.05. The lowest BCUT2D eigenvalue weighted by Crippen LogP contribution is -2.56. The molecule has 0 spiro atoms. The smallest absolute Gasteiger partial charge is 0.258 e. The van der Waals surface area contributed by atoms with Crippen molar-refractivity contribution in [2.75, 3.05) is 6.61 Å². The summed E-state index contributed by atoms with van der Waals surface area (Å²) in [5.41, 5.74) is 0.306. The molecule has 0 aliphatic heterocycles. The van der Waals surface area contributed by atoms with Crippen LogP contribution in [0.5, 0.6) is 5.75 Å². The van der Waals surface area contributed by atoms with Gasteiger partial charge in [0.2, 0.25) is 0 Å². The van der Waals surface area contributed by atoms with E-state index < -0.39 is 0 Å². The molecule has 1 amide bonds. The van der Waals surface area contributed by atoms with Gasteiger partial charge in [0.15, 0.2) is 6.61 Å². The minimum Gasteiger partial charge on any atom is -0.484 e. The van der Waals surface area contributed by atoms with Crippen molar-refractivity contribution in [1.29, 1.82) is 0 Å².